The summed E-state index contributed by atoms with van der Waals surface area (Å²) >= 11 is 0. The summed E-state index contributed by atoms with van der Waals surface area (Å²) in [7, 11) is 0. The number of nitrogens with two attached hydrogens (primary N) is 2. The maximum Gasteiger partial charge on any atom is 0.236 e. The molecule has 0 aliphatic carbocycles. The van der Waals surface area contributed by atoms with Gasteiger partial charge in [0.15, 0.2) is 0 Å². The van der Waals surface area contributed by atoms with E-state index in [1.807, 2.05) is 0 Å². The number of unbranched alkanes of at least 4 members (excludes halogenated alkanes) is 10. The van der Waals surface area contributed by atoms with Crippen molar-refractivity contribution in [3.8, 4) is 0 Å². The van der Waals surface area contributed by atoms with E-state index in [1.54, 1.807) is 0 Å². The molecule has 2 amide bonds. The molecule has 5 nitrogen and oxygen atoms in total. The summed E-state index contributed by atoms with van der Waals surface area (Å²) < 4.78 is 0. The van der Waals surface area contributed by atoms with Crippen LogP contribution in [0.25, 0.3) is 0 Å². The molecular weight excluding hydrogens is 326 g/mol. The zero-order chi connectivity index (χ0) is 19.6. The van der Waals surface area contributed by atoms with Crippen molar-refractivity contribution in [1.29, 1.82) is 0 Å². The van der Waals surface area contributed by atoms with Crippen LogP contribution in [0.5, 0.6) is 0 Å². The number of carbonyl (C=O) groups is 2. The summed E-state index contributed by atoms with van der Waals surface area (Å²) in [5, 5.41) is 1.37. The van der Waals surface area contributed by atoms with Gasteiger partial charge < -0.3 is 5.73 Å². The third kappa shape index (κ3) is 14.1. The monoisotopic (exact) mass is 369 g/mol. The maximum absolute atomic E-state index is 12.2. The average Bonchev–Trinajstić information content (AvgIpc) is 2.62. The van der Waals surface area contributed by atoms with Gasteiger partial charge in [0.1, 0.15) is 0 Å². The molecule has 4 N–H and O–H groups in total. The van der Waals surface area contributed by atoms with Crippen molar-refractivity contribution in [2.75, 3.05) is 0 Å². The Kier molecular flexibility index (Phi) is 16.6. The molecule has 0 bridgehead atoms. The molecule has 1 atom stereocenters. The van der Waals surface area contributed by atoms with Crippen LogP contribution in [-0.4, -0.2) is 22.9 Å². The largest absolute Gasteiger partial charge is 0.370 e. The lowest BCUT2D eigenvalue weighted by molar-refractivity contribution is -0.135. The number of rotatable bonds is 18. The first-order valence-corrected chi connectivity index (χ1v) is 10.9. The van der Waals surface area contributed by atoms with Gasteiger partial charge in [-0.05, 0) is 19.3 Å². The van der Waals surface area contributed by atoms with Crippen LogP contribution in [-0.2, 0) is 9.59 Å². The molecule has 0 aromatic rings. The molecule has 5 heteroatoms. The Morgan fingerprint density at radius 1 is 0.731 bits per heavy atom. The fourth-order valence-corrected chi connectivity index (χ4v) is 3.26. The molecule has 0 aromatic heterocycles. The smallest absolute Gasteiger partial charge is 0.236 e. The first-order chi connectivity index (χ1) is 12.5. The number of hydrogen-bond donors (Lipinski definition) is 2. The average molecular weight is 370 g/mol. The molecule has 0 saturated heterocycles. The Morgan fingerprint density at radius 2 is 1.23 bits per heavy atom. The van der Waals surface area contributed by atoms with Gasteiger partial charge in [0.25, 0.3) is 0 Å². The molecule has 0 spiro atoms. The Labute approximate surface area is 161 Å². The number of hydrogen-bond acceptors (Lipinski definition) is 3. The number of hydrazine groups is 1. The van der Waals surface area contributed by atoms with Crippen LogP contribution in [0.3, 0.4) is 0 Å². The Hall–Kier alpha value is -1.10. The summed E-state index contributed by atoms with van der Waals surface area (Å²) in [6.45, 7) is 4.30. The highest BCUT2D eigenvalue weighted by Crippen LogP contribution is 2.16. The van der Waals surface area contributed by atoms with Crippen molar-refractivity contribution in [3.05, 3.63) is 0 Å². The van der Waals surface area contributed by atoms with E-state index in [2.05, 4.69) is 13.8 Å². The van der Waals surface area contributed by atoms with Gasteiger partial charge in [-0.3, -0.25) is 14.6 Å². The maximum atomic E-state index is 12.2. The lowest BCUT2D eigenvalue weighted by atomic mass is 10.0. The fraction of sp³-hybridized carbons (Fsp3) is 0.905. The second-order valence-electron chi connectivity index (χ2n) is 7.53. The van der Waals surface area contributed by atoms with Crippen molar-refractivity contribution in [3.63, 3.8) is 0 Å². The van der Waals surface area contributed by atoms with E-state index >= 15 is 0 Å². The minimum absolute atomic E-state index is 0.0200. The van der Waals surface area contributed by atoms with Gasteiger partial charge in [-0.25, -0.2) is 5.84 Å². The number of amides is 2. The number of nitrogens with zero attached hydrogens (tertiary/aromatic N) is 1. The van der Waals surface area contributed by atoms with Gasteiger partial charge in [0, 0.05) is 18.9 Å². The van der Waals surface area contributed by atoms with E-state index in [4.69, 9.17) is 11.6 Å². The normalized spacial score (nSPS) is 12.1. The first-order valence-electron chi connectivity index (χ1n) is 10.9. The van der Waals surface area contributed by atoms with Gasteiger partial charge in [0.05, 0.1) is 0 Å². The van der Waals surface area contributed by atoms with E-state index in [0.29, 0.717) is 12.8 Å². The highest BCUT2D eigenvalue weighted by molar-refractivity contribution is 5.76. The van der Waals surface area contributed by atoms with Crippen LogP contribution < -0.4 is 11.6 Å². The summed E-state index contributed by atoms with van der Waals surface area (Å²) in [5.74, 6) is 5.69. The summed E-state index contributed by atoms with van der Waals surface area (Å²) in [4.78, 5) is 23.2. The SMILES string of the molecule is CCCCCCCCCCCCC(CCC(N)=O)N(N)C(=O)CCCC. The molecule has 0 heterocycles. The summed E-state index contributed by atoms with van der Waals surface area (Å²) in [6.07, 6.45) is 16.9. The Balaban J connectivity index is 3.99. The van der Waals surface area contributed by atoms with E-state index in [-0.39, 0.29) is 24.3 Å². The molecule has 0 radical (unpaired) electrons. The van der Waals surface area contributed by atoms with Crippen LogP contribution in [0.2, 0.25) is 0 Å². The van der Waals surface area contributed by atoms with Gasteiger partial charge >= 0.3 is 0 Å². The van der Waals surface area contributed by atoms with E-state index in [9.17, 15) is 9.59 Å². The molecule has 0 saturated carbocycles. The molecule has 0 aromatic carbocycles. The quantitative estimate of drug-likeness (QED) is 0.157. The zero-order valence-electron chi connectivity index (χ0n) is 17.3. The first kappa shape index (κ1) is 24.9. The second kappa shape index (κ2) is 17.3. The van der Waals surface area contributed by atoms with Crippen molar-refractivity contribution >= 4 is 11.8 Å². The molecule has 0 aliphatic rings. The highest BCUT2D eigenvalue weighted by Gasteiger charge is 2.20. The van der Waals surface area contributed by atoms with E-state index in [1.165, 1.54) is 62.8 Å². The number of carbonyl (C=O) groups excluding carboxylic acids is 2. The Morgan fingerprint density at radius 3 is 1.73 bits per heavy atom. The lowest BCUT2D eigenvalue weighted by Gasteiger charge is -2.27. The van der Waals surface area contributed by atoms with Gasteiger partial charge in [-0.2, -0.15) is 0 Å². The standard InChI is InChI=1S/C21H43N3O2/c1-3-5-7-8-9-10-11-12-13-14-15-19(17-18-20(22)25)24(23)21(26)16-6-4-2/h19H,3-18,23H2,1-2H3,(H2,22,25). The molecule has 1 unspecified atom stereocenters. The van der Waals surface area contributed by atoms with Crippen molar-refractivity contribution in [1.82, 2.24) is 5.01 Å². The van der Waals surface area contributed by atoms with Crippen molar-refractivity contribution < 1.29 is 9.59 Å². The van der Waals surface area contributed by atoms with Crippen LogP contribution in [0.15, 0.2) is 0 Å². The predicted octanol–water partition coefficient (Wildman–Crippen LogP) is 4.82. The van der Waals surface area contributed by atoms with Gasteiger partial charge in [0.2, 0.25) is 11.8 Å². The third-order valence-electron chi connectivity index (χ3n) is 5.04. The molecule has 154 valence electrons. The minimum atomic E-state index is -0.326. The number of primary amides is 1. The minimum Gasteiger partial charge on any atom is -0.370 e. The van der Waals surface area contributed by atoms with E-state index in [0.717, 1.165) is 25.7 Å². The topological polar surface area (TPSA) is 89.4 Å². The van der Waals surface area contributed by atoms with Crippen LogP contribution in [0.1, 0.15) is 117 Å². The molecule has 0 aliphatic heterocycles. The van der Waals surface area contributed by atoms with Crippen LogP contribution in [0.4, 0.5) is 0 Å². The fourth-order valence-electron chi connectivity index (χ4n) is 3.26. The van der Waals surface area contributed by atoms with Crippen molar-refractivity contribution in [2.45, 2.75) is 123 Å². The lowest BCUT2D eigenvalue weighted by Crippen LogP contribution is -2.46. The Bertz CT molecular complexity index is 361. The van der Waals surface area contributed by atoms with Crippen LogP contribution >= 0.6 is 0 Å². The molecule has 26 heavy (non-hydrogen) atoms. The predicted molar refractivity (Wildman–Crippen MR) is 109 cm³/mol. The zero-order valence-corrected chi connectivity index (χ0v) is 17.3. The highest BCUT2D eigenvalue weighted by atomic mass is 16.2. The third-order valence-corrected chi connectivity index (χ3v) is 5.04. The summed E-state index contributed by atoms with van der Waals surface area (Å²) in [6, 6.07) is -0.0686. The van der Waals surface area contributed by atoms with Crippen LogP contribution in [0, 0.1) is 0 Å². The van der Waals surface area contributed by atoms with E-state index < -0.39 is 0 Å². The van der Waals surface area contributed by atoms with Crippen molar-refractivity contribution in [2.24, 2.45) is 11.6 Å². The molecule has 0 rings (SSSR count). The molecular formula is C21H43N3O2. The summed E-state index contributed by atoms with van der Waals surface area (Å²) in [5.41, 5.74) is 5.27. The van der Waals surface area contributed by atoms with Gasteiger partial charge in [-0.15, -0.1) is 0 Å². The second-order valence-corrected chi connectivity index (χ2v) is 7.53. The van der Waals surface area contributed by atoms with Gasteiger partial charge in [-0.1, -0.05) is 84.5 Å². The molecule has 0 fully saturated rings.